The fourth-order valence-corrected chi connectivity index (χ4v) is 3.00. The third-order valence-electron chi connectivity index (χ3n) is 4.08. The second kappa shape index (κ2) is 10.1. The van der Waals surface area contributed by atoms with E-state index in [0.29, 0.717) is 29.2 Å². The first-order valence-electron chi connectivity index (χ1n) is 8.23. The summed E-state index contributed by atoms with van der Waals surface area (Å²) in [6.07, 6.45) is 1.09. The summed E-state index contributed by atoms with van der Waals surface area (Å²) in [4.78, 5) is 10.8. The van der Waals surface area contributed by atoms with Crippen LogP contribution in [0.15, 0.2) is 33.8 Å². The zero-order valence-electron chi connectivity index (χ0n) is 14.8. The van der Waals surface area contributed by atoms with Crippen molar-refractivity contribution in [3.8, 4) is 11.4 Å². The molecule has 0 bridgehead atoms. The first-order chi connectivity index (χ1) is 12.2. The molecule has 1 fully saturated rings. The Morgan fingerprint density at radius 3 is 3.00 bits per heavy atom. The molecule has 1 saturated heterocycles. The van der Waals surface area contributed by atoms with Crippen molar-refractivity contribution in [1.82, 2.24) is 20.4 Å². The van der Waals surface area contributed by atoms with Crippen LogP contribution in [0.25, 0.3) is 11.4 Å². The molecule has 1 atom stereocenters. The van der Waals surface area contributed by atoms with E-state index in [1.165, 1.54) is 0 Å². The monoisotopic (exact) mass is 491 g/mol. The maximum atomic E-state index is 6.00. The highest BCUT2D eigenvalue weighted by atomic mass is 127. The highest BCUT2D eigenvalue weighted by Gasteiger charge is 2.19. The number of aliphatic imine (C=N–C) groups is 1. The van der Waals surface area contributed by atoms with Gasteiger partial charge in [-0.15, -0.1) is 24.0 Å². The van der Waals surface area contributed by atoms with E-state index in [9.17, 15) is 0 Å². The minimum atomic E-state index is 0. The molecule has 3 rings (SSSR count). The molecule has 2 heterocycles. The van der Waals surface area contributed by atoms with Crippen molar-refractivity contribution in [3.63, 3.8) is 0 Å². The first kappa shape index (κ1) is 20.9. The minimum absolute atomic E-state index is 0. The SMILES string of the molecule is CN=C(NCc1nc(-c2cccc(Cl)c2)no1)N(C)CC1CCOC1.I. The van der Waals surface area contributed by atoms with Crippen molar-refractivity contribution in [3.05, 3.63) is 35.2 Å². The topological polar surface area (TPSA) is 75.8 Å². The van der Waals surface area contributed by atoms with Crippen LogP contribution in [0.5, 0.6) is 0 Å². The van der Waals surface area contributed by atoms with Gasteiger partial charge in [0.05, 0.1) is 13.2 Å². The standard InChI is InChI=1S/C17H22ClN5O2.HI/c1-19-17(23(2)10-12-6-7-24-11-12)20-9-15-21-16(22-25-15)13-4-3-5-14(18)8-13;/h3-5,8,12H,6-7,9-11H2,1-2H3,(H,19,20);1H. The van der Waals surface area contributed by atoms with Gasteiger partial charge in [0, 0.05) is 43.8 Å². The summed E-state index contributed by atoms with van der Waals surface area (Å²) >= 11 is 6.00. The second-order valence-electron chi connectivity index (χ2n) is 6.03. The molecule has 0 aliphatic carbocycles. The Morgan fingerprint density at radius 2 is 2.31 bits per heavy atom. The molecule has 1 aliphatic rings. The highest BCUT2D eigenvalue weighted by Crippen LogP contribution is 2.20. The Morgan fingerprint density at radius 1 is 1.46 bits per heavy atom. The average Bonchev–Trinajstić information content (AvgIpc) is 3.27. The molecule has 7 nitrogen and oxygen atoms in total. The third-order valence-corrected chi connectivity index (χ3v) is 4.31. The number of ether oxygens (including phenoxy) is 1. The smallest absolute Gasteiger partial charge is 0.246 e. The van der Waals surface area contributed by atoms with Crippen LogP contribution in [0.4, 0.5) is 0 Å². The lowest BCUT2D eigenvalue weighted by Crippen LogP contribution is -2.41. The van der Waals surface area contributed by atoms with Gasteiger partial charge in [0.2, 0.25) is 11.7 Å². The van der Waals surface area contributed by atoms with Gasteiger partial charge in [-0.3, -0.25) is 4.99 Å². The van der Waals surface area contributed by atoms with Gasteiger partial charge >= 0.3 is 0 Å². The van der Waals surface area contributed by atoms with E-state index in [0.717, 1.165) is 37.7 Å². The summed E-state index contributed by atoms with van der Waals surface area (Å²) < 4.78 is 10.7. The number of nitrogens with one attached hydrogen (secondary N) is 1. The molecule has 0 saturated carbocycles. The highest BCUT2D eigenvalue weighted by molar-refractivity contribution is 14.0. The molecule has 1 unspecified atom stereocenters. The van der Waals surface area contributed by atoms with Crippen molar-refractivity contribution in [1.29, 1.82) is 0 Å². The summed E-state index contributed by atoms with van der Waals surface area (Å²) in [5, 5.41) is 7.89. The molecule has 1 aliphatic heterocycles. The Hall–Kier alpha value is -1.39. The van der Waals surface area contributed by atoms with Crippen LogP contribution in [0.2, 0.25) is 5.02 Å². The minimum Gasteiger partial charge on any atom is -0.381 e. The number of benzene rings is 1. The van der Waals surface area contributed by atoms with E-state index in [2.05, 4.69) is 25.3 Å². The number of hydrogen-bond acceptors (Lipinski definition) is 5. The quantitative estimate of drug-likeness (QED) is 0.394. The summed E-state index contributed by atoms with van der Waals surface area (Å²) in [5.74, 6) is 2.34. The van der Waals surface area contributed by atoms with Crippen LogP contribution in [0.1, 0.15) is 12.3 Å². The Balaban J connectivity index is 0.00000243. The Kier molecular flexibility index (Phi) is 8.11. The maximum Gasteiger partial charge on any atom is 0.246 e. The lowest BCUT2D eigenvalue weighted by Gasteiger charge is -2.23. The summed E-state index contributed by atoms with van der Waals surface area (Å²) in [5.41, 5.74) is 0.824. The van der Waals surface area contributed by atoms with Gasteiger partial charge in [-0.25, -0.2) is 0 Å². The zero-order valence-corrected chi connectivity index (χ0v) is 17.9. The van der Waals surface area contributed by atoms with E-state index < -0.39 is 0 Å². The van der Waals surface area contributed by atoms with Crippen molar-refractivity contribution in [2.24, 2.45) is 10.9 Å². The number of hydrogen-bond donors (Lipinski definition) is 1. The predicted molar refractivity (Wildman–Crippen MR) is 112 cm³/mol. The van der Waals surface area contributed by atoms with Gasteiger partial charge in [-0.2, -0.15) is 4.98 Å². The fourth-order valence-electron chi connectivity index (χ4n) is 2.81. The Labute approximate surface area is 175 Å². The molecule has 142 valence electrons. The second-order valence-corrected chi connectivity index (χ2v) is 6.47. The van der Waals surface area contributed by atoms with Crippen molar-refractivity contribution in [2.75, 3.05) is 33.9 Å². The summed E-state index contributed by atoms with van der Waals surface area (Å²) in [6.45, 7) is 2.97. The molecule has 1 N–H and O–H groups in total. The lowest BCUT2D eigenvalue weighted by atomic mass is 10.1. The predicted octanol–water partition coefficient (Wildman–Crippen LogP) is 3.05. The van der Waals surface area contributed by atoms with E-state index in [1.54, 1.807) is 13.1 Å². The van der Waals surface area contributed by atoms with Crippen molar-refractivity contribution in [2.45, 2.75) is 13.0 Å². The number of guanidine groups is 1. The van der Waals surface area contributed by atoms with Crippen molar-refractivity contribution >= 4 is 41.5 Å². The van der Waals surface area contributed by atoms with Gasteiger partial charge in [-0.1, -0.05) is 28.9 Å². The first-order valence-corrected chi connectivity index (χ1v) is 8.61. The molecule has 1 aromatic carbocycles. The van der Waals surface area contributed by atoms with Crippen LogP contribution in [0.3, 0.4) is 0 Å². The molecular weight excluding hydrogens is 469 g/mol. The molecular formula is C17H23ClIN5O2. The Bertz CT molecular complexity index is 733. The number of nitrogens with zero attached hydrogens (tertiary/aromatic N) is 4. The number of aromatic nitrogens is 2. The summed E-state index contributed by atoms with van der Waals surface area (Å²) in [6, 6.07) is 7.36. The van der Waals surface area contributed by atoms with Gasteiger partial charge in [0.15, 0.2) is 5.96 Å². The zero-order chi connectivity index (χ0) is 17.6. The van der Waals surface area contributed by atoms with Crippen LogP contribution in [-0.2, 0) is 11.3 Å². The van der Waals surface area contributed by atoms with Crippen LogP contribution >= 0.6 is 35.6 Å². The molecule has 2 aromatic rings. The largest absolute Gasteiger partial charge is 0.381 e. The molecule has 0 radical (unpaired) electrons. The molecule has 1 aromatic heterocycles. The van der Waals surface area contributed by atoms with Crippen LogP contribution in [-0.4, -0.2) is 54.9 Å². The maximum absolute atomic E-state index is 6.00. The van der Waals surface area contributed by atoms with Crippen LogP contribution in [0, 0.1) is 5.92 Å². The van der Waals surface area contributed by atoms with Crippen LogP contribution < -0.4 is 5.32 Å². The van der Waals surface area contributed by atoms with Gasteiger partial charge in [-0.05, 0) is 18.6 Å². The van der Waals surface area contributed by atoms with E-state index >= 15 is 0 Å². The van der Waals surface area contributed by atoms with Gasteiger partial charge in [0.25, 0.3) is 0 Å². The lowest BCUT2D eigenvalue weighted by molar-refractivity contribution is 0.181. The molecule has 0 amide bonds. The fraction of sp³-hybridized carbons (Fsp3) is 0.471. The average molecular weight is 492 g/mol. The van der Waals surface area contributed by atoms with Gasteiger partial charge in [0.1, 0.15) is 0 Å². The van der Waals surface area contributed by atoms with Gasteiger partial charge < -0.3 is 19.5 Å². The molecule has 9 heteroatoms. The third kappa shape index (κ3) is 5.55. The van der Waals surface area contributed by atoms with E-state index in [4.69, 9.17) is 20.9 Å². The van der Waals surface area contributed by atoms with Crippen molar-refractivity contribution < 1.29 is 9.26 Å². The van der Waals surface area contributed by atoms with E-state index in [1.807, 2.05) is 25.2 Å². The molecule has 26 heavy (non-hydrogen) atoms. The number of rotatable bonds is 5. The summed E-state index contributed by atoms with van der Waals surface area (Å²) in [7, 11) is 3.77. The normalized spacial score (nSPS) is 17.0. The van der Waals surface area contributed by atoms with E-state index in [-0.39, 0.29) is 24.0 Å². The molecule has 0 spiro atoms. The number of halogens is 2.